The second-order valence-electron chi connectivity index (χ2n) is 4.73. The molecule has 4 nitrogen and oxygen atoms in total. The summed E-state index contributed by atoms with van der Waals surface area (Å²) < 4.78 is 27.0. The van der Waals surface area contributed by atoms with E-state index in [1.807, 2.05) is 0 Å². The van der Waals surface area contributed by atoms with Crippen molar-refractivity contribution in [2.45, 2.75) is 42.7 Å². The van der Waals surface area contributed by atoms with Crippen LogP contribution in [0.5, 0.6) is 0 Å². The van der Waals surface area contributed by atoms with E-state index in [4.69, 9.17) is 23.2 Å². The average molecular weight is 324 g/mol. The molecular formula is C12H15Cl2NO3S. The van der Waals surface area contributed by atoms with Gasteiger partial charge in [0.25, 0.3) is 0 Å². The molecule has 1 aromatic rings. The van der Waals surface area contributed by atoms with E-state index in [1.54, 1.807) is 0 Å². The van der Waals surface area contributed by atoms with Gasteiger partial charge < -0.3 is 5.11 Å². The van der Waals surface area contributed by atoms with Gasteiger partial charge in [-0.2, -0.15) is 0 Å². The Bertz CT molecular complexity index is 534. The fraction of sp³-hybridized carbons (Fsp3) is 0.500. The zero-order valence-electron chi connectivity index (χ0n) is 10.1. The smallest absolute Gasteiger partial charge is 0.240 e. The highest BCUT2D eigenvalue weighted by atomic mass is 35.5. The van der Waals surface area contributed by atoms with Crippen LogP contribution in [0.2, 0.25) is 10.0 Å². The first-order valence-corrected chi connectivity index (χ1v) is 8.27. The second kappa shape index (κ2) is 5.97. The molecule has 0 spiro atoms. The third-order valence-electron chi connectivity index (χ3n) is 3.16. The summed E-state index contributed by atoms with van der Waals surface area (Å²) in [6.45, 7) is 0. The Morgan fingerprint density at radius 3 is 2.11 bits per heavy atom. The van der Waals surface area contributed by atoms with Crippen LogP contribution in [0.25, 0.3) is 0 Å². The third-order valence-corrected chi connectivity index (χ3v) is 5.10. The maximum atomic E-state index is 12.2. The largest absolute Gasteiger partial charge is 0.393 e. The Morgan fingerprint density at radius 1 is 1.05 bits per heavy atom. The number of hydrogen-bond acceptors (Lipinski definition) is 3. The van der Waals surface area contributed by atoms with Crippen LogP contribution in [0, 0.1) is 0 Å². The van der Waals surface area contributed by atoms with E-state index in [-0.39, 0.29) is 27.1 Å². The van der Waals surface area contributed by atoms with Gasteiger partial charge in [-0.05, 0) is 43.9 Å². The lowest BCUT2D eigenvalue weighted by Crippen LogP contribution is -2.38. The van der Waals surface area contributed by atoms with Crippen molar-refractivity contribution in [3.63, 3.8) is 0 Å². The molecule has 1 aliphatic carbocycles. The van der Waals surface area contributed by atoms with Gasteiger partial charge in [-0.15, -0.1) is 0 Å². The Morgan fingerprint density at radius 2 is 1.58 bits per heavy atom. The van der Waals surface area contributed by atoms with E-state index >= 15 is 0 Å². The quantitative estimate of drug-likeness (QED) is 0.898. The lowest BCUT2D eigenvalue weighted by Gasteiger charge is -2.26. The van der Waals surface area contributed by atoms with E-state index in [2.05, 4.69) is 4.72 Å². The number of aliphatic hydroxyl groups excluding tert-OH is 1. The Balaban J connectivity index is 2.14. The van der Waals surface area contributed by atoms with Gasteiger partial charge in [0.1, 0.15) is 0 Å². The summed E-state index contributed by atoms with van der Waals surface area (Å²) in [6.07, 6.45) is 2.18. The highest BCUT2D eigenvalue weighted by molar-refractivity contribution is 7.89. The van der Waals surface area contributed by atoms with Crippen molar-refractivity contribution in [3.05, 3.63) is 28.2 Å². The molecule has 0 aliphatic heterocycles. The number of benzene rings is 1. The van der Waals surface area contributed by atoms with Crippen LogP contribution in [0.4, 0.5) is 0 Å². The first kappa shape index (κ1) is 15.1. The highest BCUT2D eigenvalue weighted by Gasteiger charge is 2.25. The van der Waals surface area contributed by atoms with Gasteiger partial charge in [0, 0.05) is 16.1 Å². The van der Waals surface area contributed by atoms with E-state index in [1.165, 1.54) is 18.2 Å². The summed E-state index contributed by atoms with van der Waals surface area (Å²) in [5, 5.41) is 9.97. The van der Waals surface area contributed by atoms with E-state index in [0.717, 1.165) is 0 Å². The lowest BCUT2D eigenvalue weighted by atomic mass is 9.94. The van der Waals surface area contributed by atoms with Gasteiger partial charge in [-0.25, -0.2) is 13.1 Å². The van der Waals surface area contributed by atoms with E-state index in [0.29, 0.717) is 25.7 Å². The Kier molecular flexibility index (Phi) is 4.74. The molecule has 0 saturated heterocycles. The van der Waals surface area contributed by atoms with Crippen molar-refractivity contribution in [3.8, 4) is 0 Å². The predicted octanol–water partition coefficient (Wildman–Crippen LogP) is 2.58. The van der Waals surface area contributed by atoms with Crippen LogP contribution in [-0.2, 0) is 10.0 Å². The van der Waals surface area contributed by atoms with Gasteiger partial charge in [-0.3, -0.25) is 0 Å². The summed E-state index contributed by atoms with van der Waals surface area (Å²) >= 11 is 11.6. The summed E-state index contributed by atoms with van der Waals surface area (Å²) in [5.41, 5.74) is 0. The van der Waals surface area contributed by atoms with Crippen molar-refractivity contribution in [2.75, 3.05) is 0 Å². The first-order chi connectivity index (χ1) is 8.87. The molecule has 0 atom stereocenters. The molecule has 1 saturated carbocycles. The molecule has 2 N–H and O–H groups in total. The molecule has 0 bridgehead atoms. The molecule has 1 aliphatic rings. The number of hydrogen-bond donors (Lipinski definition) is 2. The number of halogens is 2. The first-order valence-electron chi connectivity index (χ1n) is 6.03. The van der Waals surface area contributed by atoms with Gasteiger partial charge >= 0.3 is 0 Å². The topological polar surface area (TPSA) is 66.4 Å². The Hall–Kier alpha value is -0.330. The van der Waals surface area contributed by atoms with Crippen LogP contribution in [0.1, 0.15) is 25.7 Å². The molecule has 106 valence electrons. The van der Waals surface area contributed by atoms with Crippen LogP contribution >= 0.6 is 23.2 Å². The molecule has 0 unspecified atom stereocenters. The standard InChI is InChI=1S/C12H15Cl2NO3S/c13-8-5-9(14)7-12(6-8)19(17,18)15-10-1-3-11(16)4-2-10/h5-7,10-11,15-16H,1-4H2. The van der Waals surface area contributed by atoms with Crippen LogP contribution in [-0.4, -0.2) is 25.7 Å². The van der Waals surface area contributed by atoms with Crippen molar-refractivity contribution >= 4 is 33.2 Å². The third kappa shape index (κ3) is 4.07. The van der Waals surface area contributed by atoms with E-state index in [9.17, 15) is 13.5 Å². The number of nitrogens with one attached hydrogen (secondary N) is 1. The SMILES string of the molecule is O=S(=O)(NC1CCC(O)CC1)c1cc(Cl)cc(Cl)c1. The van der Waals surface area contributed by atoms with Gasteiger partial charge in [0.05, 0.1) is 11.0 Å². The molecule has 0 radical (unpaired) electrons. The van der Waals surface area contributed by atoms with Gasteiger partial charge in [0.2, 0.25) is 10.0 Å². The molecule has 1 fully saturated rings. The second-order valence-corrected chi connectivity index (χ2v) is 7.32. The van der Waals surface area contributed by atoms with Gasteiger partial charge in [-0.1, -0.05) is 23.2 Å². The van der Waals surface area contributed by atoms with Crippen LogP contribution in [0.15, 0.2) is 23.1 Å². The fourth-order valence-corrected chi connectivity index (χ4v) is 4.20. The monoisotopic (exact) mass is 323 g/mol. The van der Waals surface area contributed by atoms with Gasteiger partial charge in [0.15, 0.2) is 0 Å². The Labute approximate surface area is 122 Å². The number of sulfonamides is 1. The summed E-state index contributed by atoms with van der Waals surface area (Å²) in [6, 6.07) is 4.08. The number of rotatable bonds is 3. The summed E-state index contributed by atoms with van der Waals surface area (Å²) in [4.78, 5) is 0.0659. The molecule has 0 heterocycles. The molecule has 2 rings (SSSR count). The van der Waals surface area contributed by atoms with Crippen LogP contribution < -0.4 is 4.72 Å². The van der Waals surface area contributed by atoms with E-state index < -0.39 is 10.0 Å². The molecule has 19 heavy (non-hydrogen) atoms. The predicted molar refractivity (Wildman–Crippen MR) is 75.0 cm³/mol. The minimum absolute atomic E-state index is 0.0659. The fourth-order valence-electron chi connectivity index (χ4n) is 2.16. The maximum Gasteiger partial charge on any atom is 0.240 e. The maximum absolute atomic E-state index is 12.2. The van der Waals surface area contributed by atoms with Crippen molar-refractivity contribution in [1.29, 1.82) is 0 Å². The molecule has 7 heteroatoms. The minimum Gasteiger partial charge on any atom is -0.393 e. The average Bonchev–Trinajstić information content (AvgIpc) is 2.31. The number of aliphatic hydroxyl groups is 1. The normalized spacial score (nSPS) is 24.4. The molecular weight excluding hydrogens is 309 g/mol. The minimum atomic E-state index is -3.62. The van der Waals surface area contributed by atoms with Crippen LogP contribution in [0.3, 0.4) is 0 Å². The summed E-state index contributed by atoms with van der Waals surface area (Å²) in [7, 11) is -3.62. The zero-order chi connectivity index (χ0) is 14.0. The van der Waals surface area contributed by atoms with Crippen molar-refractivity contribution in [2.24, 2.45) is 0 Å². The summed E-state index contributed by atoms with van der Waals surface area (Å²) in [5.74, 6) is 0. The molecule has 0 aromatic heterocycles. The molecule has 0 amide bonds. The zero-order valence-corrected chi connectivity index (χ0v) is 12.5. The lowest BCUT2D eigenvalue weighted by molar-refractivity contribution is 0.120. The molecule has 1 aromatic carbocycles. The highest BCUT2D eigenvalue weighted by Crippen LogP contribution is 2.24. The van der Waals surface area contributed by atoms with Crippen molar-refractivity contribution < 1.29 is 13.5 Å². The van der Waals surface area contributed by atoms with Crippen molar-refractivity contribution in [1.82, 2.24) is 4.72 Å².